The van der Waals surface area contributed by atoms with Crippen molar-refractivity contribution >= 4 is 22.5 Å². The first-order valence-corrected chi connectivity index (χ1v) is 12.6. The summed E-state index contributed by atoms with van der Waals surface area (Å²) in [5.41, 5.74) is 3.12. The van der Waals surface area contributed by atoms with Gasteiger partial charge >= 0.3 is 0 Å². The second kappa shape index (κ2) is 11.9. The Bertz CT molecular complexity index is 1630. The predicted octanol–water partition coefficient (Wildman–Crippen LogP) is 5.26. The quantitative estimate of drug-likeness (QED) is 0.343. The molecule has 1 aliphatic carbocycles. The molecule has 1 atom stereocenters. The lowest BCUT2D eigenvalue weighted by Crippen LogP contribution is -2.18. The Balaban J connectivity index is 0.000000186. The first-order chi connectivity index (χ1) is 19.2. The minimum absolute atomic E-state index is 0.0350. The van der Waals surface area contributed by atoms with Gasteiger partial charge in [0.05, 0.1) is 14.2 Å². The van der Waals surface area contributed by atoms with Crippen LogP contribution in [0.15, 0.2) is 93.4 Å². The lowest BCUT2D eigenvalue weighted by Gasteiger charge is -2.18. The molecule has 2 aliphatic rings. The van der Waals surface area contributed by atoms with Crippen LogP contribution in [0, 0.1) is 6.92 Å². The van der Waals surface area contributed by atoms with Crippen LogP contribution in [0.4, 0.5) is 0 Å². The minimum atomic E-state index is -0.345. The van der Waals surface area contributed by atoms with Gasteiger partial charge in [0.2, 0.25) is 5.78 Å². The van der Waals surface area contributed by atoms with Gasteiger partial charge in [0.25, 0.3) is 0 Å². The summed E-state index contributed by atoms with van der Waals surface area (Å²) in [4.78, 5) is 36.0. The number of methoxy groups -OCH3 is 2. The highest BCUT2D eigenvalue weighted by Gasteiger charge is 2.26. The number of carbonyl (C=O) groups is 2. The highest BCUT2D eigenvalue weighted by atomic mass is 16.5. The van der Waals surface area contributed by atoms with E-state index >= 15 is 0 Å². The highest BCUT2D eigenvalue weighted by molar-refractivity contribution is 6.19. The van der Waals surface area contributed by atoms with Crippen molar-refractivity contribution in [2.75, 3.05) is 20.8 Å². The van der Waals surface area contributed by atoms with E-state index in [4.69, 9.17) is 18.6 Å². The maximum atomic E-state index is 12.2. The van der Waals surface area contributed by atoms with Crippen molar-refractivity contribution in [3.8, 4) is 17.2 Å². The van der Waals surface area contributed by atoms with Crippen molar-refractivity contribution < 1.29 is 33.3 Å². The maximum absolute atomic E-state index is 12.2. The fourth-order valence-corrected chi connectivity index (χ4v) is 4.51. The van der Waals surface area contributed by atoms with Gasteiger partial charge in [0, 0.05) is 35.3 Å². The Kier molecular flexibility index (Phi) is 8.38. The number of ether oxygens (including phenoxy) is 3. The Hall–Kier alpha value is -4.85. The van der Waals surface area contributed by atoms with Crippen LogP contribution in [0.2, 0.25) is 0 Å². The van der Waals surface area contributed by atoms with Gasteiger partial charge in [0.1, 0.15) is 40.6 Å². The third-order valence-electron chi connectivity index (χ3n) is 6.63. The molecular weight excluding hydrogens is 512 g/mol. The molecule has 1 aliphatic heterocycles. The lowest BCUT2D eigenvalue weighted by atomic mass is 9.85. The Labute approximate surface area is 231 Å². The van der Waals surface area contributed by atoms with Crippen LogP contribution in [0.5, 0.6) is 17.2 Å². The van der Waals surface area contributed by atoms with Gasteiger partial charge in [-0.1, -0.05) is 24.3 Å². The van der Waals surface area contributed by atoms with E-state index < -0.39 is 0 Å². The first-order valence-electron chi connectivity index (χ1n) is 12.6. The van der Waals surface area contributed by atoms with Gasteiger partial charge in [-0.2, -0.15) is 0 Å². The molecule has 5 rings (SSSR count). The summed E-state index contributed by atoms with van der Waals surface area (Å²) < 4.78 is 21.1. The van der Waals surface area contributed by atoms with Crippen molar-refractivity contribution in [3.63, 3.8) is 0 Å². The topological polar surface area (TPSA) is 112 Å². The number of carbonyl (C=O) groups excluding carboxylic acids is 2. The summed E-state index contributed by atoms with van der Waals surface area (Å²) in [6.07, 6.45) is 6.73. The summed E-state index contributed by atoms with van der Waals surface area (Å²) in [6.45, 7) is 7.92. The number of ketones is 2. The normalized spacial score (nSPS) is 15.2. The standard InChI is InChI=1S/C17H16O4.C15H14O4/c1-4-13(11-5-7-12(20-2)8-6-11)14-9-16(19)17(21-3)10-15(14)18;1-8-3-4-10-12(18-7-8)6-13-14(15(10)17)11(16)5-9(2)19-13/h4-10,13H,1H2,2-3H3;3,5-6,17H,4,7H2,1-2H3. The van der Waals surface area contributed by atoms with Crippen LogP contribution in [-0.4, -0.2) is 37.5 Å². The predicted molar refractivity (Wildman–Crippen MR) is 151 cm³/mol. The van der Waals surface area contributed by atoms with Crippen LogP contribution in [0.1, 0.15) is 29.7 Å². The zero-order valence-corrected chi connectivity index (χ0v) is 22.8. The van der Waals surface area contributed by atoms with Crippen molar-refractivity contribution in [1.82, 2.24) is 0 Å². The van der Waals surface area contributed by atoms with Crippen LogP contribution in [0.25, 0.3) is 11.0 Å². The zero-order valence-electron chi connectivity index (χ0n) is 22.8. The van der Waals surface area contributed by atoms with E-state index in [2.05, 4.69) is 6.58 Å². The second-order valence-corrected chi connectivity index (χ2v) is 9.37. The molecule has 2 aromatic carbocycles. The van der Waals surface area contributed by atoms with Gasteiger partial charge in [-0.3, -0.25) is 14.4 Å². The summed E-state index contributed by atoms with van der Waals surface area (Å²) in [5.74, 6) is 0.935. The molecule has 3 aromatic rings. The van der Waals surface area contributed by atoms with Gasteiger partial charge < -0.3 is 23.7 Å². The molecule has 0 amide bonds. The van der Waals surface area contributed by atoms with Gasteiger partial charge in [0.15, 0.2) is 17.0 Å². The third kappa shape index (κ3) is 5.76. The molecule has 8 heteroatoms. The number of aryl methyl sites for hydroxylation is 1. The molecule has 0 bridgehead atoms. The second-order valence-electron chi connectivity index (χ2n) is 9.37. The molecule has 206 valence electrons. The van der Waals surface area contributed by atoms with Gasteiger partial charge in [-0.25, -0.2) is 0 Å². The number of allylic oxidation sites excluding steroid dienone is 5. The number of hydrogen-bond acceptors (Lipinski definition) is 8. The summed E-state index contributed by atoms with van der Waals surface area (Å²) >= 11 is 0. The molecule has 0 saturated heterocycles. The monoisotopic (exact) mass is 542 g/mol. The van der Waals surface area contributed by atoms with Gasteiger partial charge in [-0.05, 0) is 49.6 Å². The molecule has 0 saturated carbocycles. The van der Waals surface area contributed by atoms with E-state index in [1.807, 2.05) is 25.1 Å². The lowest BCUT2D eigenvalue weighted by molar-refractivity contribution is -0.117. The summed E-state index contributed by atoms with van der Waals surface area (Å²) in [7, 11) is 2.95. The average molecular weight is 543 g/mol. The number of benzene rings is 2. The number of rotatable bonds is 5. The Morgan fingerprint density at radius 3 is 2.38 bits per heavy atom. The Morgan fingerprint density at radius 1 is 1.00 bits per heavy atom. The van der Waals surface area contributed by atoms with E-state index in [1.165, 1.54) is 25.3 Å². The molecule has 2 heterocycles. The molecular formula is C32H30O8. The van der Waals surface area contributed by atoms with Crippen molar-refractivity contribution in [2.24, 2.45) is 0 Å². The molecule has 40 heavy (non-hydrogen) atoms. The molecule has 0 fully saturated rings. The Morgan fingerprint density at radius 2 is 1.73 bits per heavy atom. The van der Waals surface area contributed by atoms with Crippen LogP contribution in [0.3, 0.4) is 0 Å². The number of hydrogen-bond donors (Lipinski definition) is 1. The largest absolute Gasteiger partial charge is 0.507 e. The first kappa shape index (κ1) is 28.2. The van der Waals surface area contributed by atoms with Crippen LogP contribution < -0.4 is 14.9 Å². The average Bonchev–Trinajstić information content (AvgIpc) is 3.12. The third-order valence-corrected chi connectivity index (χ3v) is 6.63. The molecule has 0 radical (unpaired) electrons. The number of phenolic OH excluding ortho intramolecular Hbond substituents is 1. The fraction of sp³-hybridized carbons (Fsp3) is 0.219. The summed E-state index contributed by atoms with van der Waals surface area (Å²) in [6, 6.07) is 10.4. The molecule has 1 N–H and O–H groups in total. The maximum Gasteiger partial charge on any atom is 0.220 e. The molecule has 8 nitrogen and oxygen atoms in total. The number of aromatic hydroxyl groups is 1. The number of fused-ring (bicyclic) bond motifs is 2. The summed E-state index contributed by atoms with van der Waals surface area (Å²) in [5, 5.41) is 10.5. The minimum Gasteiger partial charge on any atom is -0.507 e. The smallest absolute Gasteiger partial charge is 0.220 e. The van der Waals surface area contributed by atoms with Crippen molar-refractivity contribution in [2.45, 2.75) is 26.2 Å². The molecule has 1 unspecified atom stereocenters. The number of phenols is 1. The van der Waals surface area contributed by atoms with E-state index in [0.717, 1.165) is 16.9 Å². The van der Waals surface area contributed by atoms with E-state index in [0.29, 0.717) is 41.3 Å². The molecule has 1 aromatic heterocycles. The van der Waals surface area contributed by atoms with Crippen LogP contribution in [-0.2, 0) is 20.7 Å². The highest BCUT2D eigenvalue weighted by Crippen LogP contribution is 2.37. The van der Waals surface area contributed by atoms with Crippen LogP contribution >= 0.6 is 0 Å². The van der Waals surface area contributed by atoms with Gasteiger partial charge in [-0.15, -0.1) is 6.58 Å². The van der Waals surface area contributed by atoms with E-state index in [-0.39, 0.29) is 39.8 Å². The van der Waals surface area contributed by atoms with E-state index in [9.17, 15) is 19.5 Å². The van der Waals surface area contributed by atoms with E-state index in [1.54, 1.807) is 38.3 Å². The van der Waals surface area contributed by atoms with Crippen molar-refractivity contribution in [3.05, 3.63) is 111 Å². The zero-order chi connectivity index (χ0) is 29.0. The SMILES string of the molecule is C=CC(C1=CC(=O)C(OC)=CC1=O)c1ccc(OC)cc1.CC1=CCc2c(cc3oc(C)cc(=O)c3c2O)OC1. The van der Waals surface area contributed by atoms with Crippen molar-refractivity contribution in [1.29, 1.82) is 0 Å². The fourth-order valence-electron chi connectivity index (χ4n) is 4.51. The molecule has 0 spiro atoms.